The van der Waals surface area contributed by atoms with Crippen molar-refractivity contribution in [3.05, 3.63) is 11.2 Å². The van der Waals surface area contributed by atoms with Gasteiger partial charge in [-0.15, -0.1) is 0 Å². The van der Waals surface area contributed by atoms with E-state index in [9.17, 15) is 0 Å². The third kappa shape index (κ3) is 1.69. The van der Waals surface area contributed by atoms with E-state index >= 15 is 0 Å². The summed E-state index contributed by atoms with van der Waals surface area (Å²) in [5.74, 6) is 0.553. The monoisotopic (exact) mass is 202 g/mol. The molecule has 13 heavy (non-hydrogen) atoms. The van der Waals surface area contributed by atoms with Gasteiger partial charge in [-0.05, 0) is 37.8 Å². The Balaban J connectivity index is 2.22. The number of hydrogen-bond donors (Lipinski definition) is 0. The highest BCUT2D eigenvalue weighted by Gasteiger charge is 2.34. The molecule has 0 bridgehead atoms. The maximum Gasteiger partial charge on any atom is 0.320 e. The molecule has 72 valence electrons. The third-order valence-corrected chi connectivity index (χ3v) is 2.50. The van der Waals surface area contributed by atoms with E-state index in [1.54, 1.807) is 0 Å². The summed E-state index contributed by atoms with van der Waals surface area (Å²) in [7, 11) is 0. The Hall–Kier alpha value is -0.610. The lowest BCUT2D eigenvalue weighted by atomic mass is 9.95. The highest BCUT2D eigenvalue weighted by Crippen LogP contribution is 2.32. The third-order valence-electron chi connectivity index (χ3n) is 2.34. The first-order valence-electron chi connectivity index (χ1n) is 4.34. The molecule has 5 heteroatoms. The molecular formula is C8H11ClN2O2. The minimum Gasteiger partial charge on any atom is -0.367 e. The summed E-state index contributed by atoms with van der Waals surface area (Å²) >= 11 is 5.55. The SMILES string of the molecule is CC1(c2noc(Cl)n2)CCCCO1. The van der Waals surface area contributed by atoms with Crippen molar-refractivity contribution in [3.8, 4) is 0 Å². The molecule has 1 aromatic heterocycles. The second kappa shape index (κ2) is 3.27. The van der Waals surface area contributed by atoms with E-state index in [2.05, 4.69) is 10.1 Å². The number of aromatic nitrogens is 2. The molecule has 4 nitrogen and oxygen atoms in total. The lowest BCUT2D eigenvalue weighted by Crippen LogP contribution is -2.31. The lowest BCUT2D eigenvalue weighted by molar-refractivity contribution is -0.0770. The molecule has 1 aromatic rings. The summed E-state index contributed by atoms with van der Waals surface area (Å²) in [6, 6.07) is 0. The van der Waals surface area contributed by atoms with Crippen LogP contribution in [0.4, 0.5) is 0 Å². The minimum atomic E-state index is -0.408. The van der Waals surface area contributed by atoms with Gasteiger partial charge >= 0.3 is 5.35 Å². The number of nitrogens with zero attached hydrogens (tertiary/aromatic N) is 2. The van der Waals surface area contributed by atoms with Gasteiger partial charge in [0.25, 0.3) is 0 Å². The number of ether oxygens (including phenoxy) is 1. The normalized spacial score (nSPS) is 29.1. The van der Waals surface area contributed by atoms with Gasteiger partial charge in [0, 0.05) is 6.61 Å². The maximum atomic E-state index is 5.62. The molecule has 1 aliphatic heterocycles. The van der Waals surface area contributed by atoms with Crippen molar-refractivity contribution in [1.29, 1.82) is 0 Å². The fraction of sp³-hybridized carbons (Fsp3) is 0.750. The van der Waals surface area contributed by atoms with Crippen LogP contribution in [-0.4, -0.2) is 16.7 Å². The van der Waals surface area contributed by atoms with Crippen LogP contribution in [0.2, 0.25) is 5.35 Å². The van der Waals surface area contributed by atoms with Crippen molar-refractivity contribution in [3.63, 3.8) is 0 Å². The Morgan fingerprint density at radius 3 is 2.85 bits per heavy atom. The highest BCUT2D eigenvalue weighted by atomic mass is 35.5. The van der Waals surface area contributed by atoms with Crippen molar-refractivity contribution in [2.45, 2.75) is 31.8 Å². The lowest BCUT2D eigenvalue weighted by Gasteiger charge is -2.30. The van der Waals surface area contributed by atoms with Gasteiger partial charge in [-0.2, -0.15) is 4.98 Å². The second-order valence-corrected chi connectivity index (χ2v) is 3.73. The first kappa shape index (κ1) is 8.97. The van der Waals surface area contributed by atoms with Crippen molar-refractivity contribution >= 4 is 11.6 Å². The van der Waals surface area contributed by atoms with E-state index in [1.807, 2.05) is 6.92 Å². The minimum absolute atomic E-state index is 0.0744. The molecule has 0 aliphatic carbocycles. The smallest absolute Gasteiger partial charge is 0.320 e. The molecule has 0 aromatic carbocycles. The molecule has 0 saturated carbocycles. The van der Waals surface area contributed by atoms with Crippen LogP contribution >= 0.6 is 11.6 Å². The zero-order chi connectivity index (χ0) is 9.31. The quantitative estimate of drug-likeness (QED) is 0.700. The predicted octanol–water partition coefficient (Wildman–Crippen LogP) is 2.14. The Morgan fingerprint density at radius 2 is 2.31 bits per heavy atom. The molecule has 1 aliphatic rings. The van der Waals surface area contributed by atoms with Crippen LogP contribution in [0.3, 0.4) is 0 Å². The Bertz CT molecular complexity index is 294. The van der Waals surface area contributed by atoms with Gasteiger partial charge in [-0.25, -0.2) is 0 Å². The van der Waals surface area contributed by atoms with Crippen LogP contribution in [0.1, 0.15) is 32.0 Å². The molecular weight excluding hydrogens is 192 g/mol. The van der Waals surface area contributed by atoms with Gasteiger partial charge in [0.2, 0.25) is 5.82 Å². The molecule has 1 unspecified atom stereocenters. The fourth-order valence-electron chi connectivity index (χ4n) is 1.53. The molecule has 1 saturated heterocycles. The van der Waals surface area contributed by atoms with Crippen LogP contribution in [0, 0.1) is 0 Å². The molecule has 0 N–H and O–H groups in total. The first-order valence-corrected chi connectivity index (χ1v) is 4.72. The molecule has 0 spiro atoms. The van der Waals surface area contributed by atoms with E-state index in [0.717, 1.165) is 25.9 Å². The zero-order valence-corrected chi connectivity index (χ0v) is 8.17. The standard InChI is InChI=1S/C8H11ClN2O2/c1-8(4-2-3-5-12-8)6-10-7(9)13-11-6/h2-5H2,1H3. The number of halogens is 1. The molecule has 0 radical (unpaired) electrons. The summed E-state index contributed by atoms with van der Waals surface area (Å²) < 4.78 is 10.3. The molecule has 0 amide bonds. The van der Waals surface area contributed by atoms with E-state index in [0.29, 0.717) is 5.82 Å². The largest absolute Gasteiger partial charge is 0.367 e. The zero-order valence-electron chi connectivity index (χ0n) is 7.42. The fourth-order valence-corrected chi connectivity index (χ4v) is 1.64. The van der Waals surface area contributed by atoms with E-state index in [-0.39, 0.29) is 5.35 Å². The molecule has 2 rings (SSSR count). The van der Waals surface area contributed by atoms with Gasteiger partial charge in [-0.1, -0.05) is 5.16 Å². The number of hydrogen-bond acceptors (Lipinski definition) is 4. The van der Waals surface area contributed by atoms with Gasteiger partial charge in [0.1, 0.15) is 5.60 Å². The Labute approximate surface area is 81.2 Å². The highest BCUT2D eigenvalue weighted by molar-refractivity contribution is 6.27. The van der Waals surface area contributed by atoms with Crippen molar-refractivity contribution in [2.75, 3.05) is 6.61 Å². The average molecular weight is 203 g/mol. The van der Waals surface area contributed by atoms with Crippen LogP contribution < -0.4 is 0 Å². The summed E-state index contributed by atoms with van der Waals surface area (Å²) in [5, 5.41) is 3.84. The molecule has 1 atom stereocenters. The summed E-state index contributed by atoms with van der Waals surface area (Å²) in [5.41, 5.74) is -0.408. The van der Waals surface area contributed by atoms with Crippen LogP contribution in [-0.2, 0) is 10.3 Å². The Kier molecular flexibility index (Phi) is 2.26. The van der Waals surface area contributed by atoms with Crippen molar-refractivity contribution in [2.24, 2.45) is 0 Å². The summed E-state index contributed by atoms with van der Waals surface area (Å²) in [4.78, 5) is 3.97. The maximum absolute atomic E-state index is 5.62. The predicted molar refractivity (Wildman–Crippen MR) is 46.5 cm³/mol. The summed E-state index contributed by atoms with van der Waals surface area (Å²) in [6.45, 7) is 2.72. The van der Waals surface area contributed by atoms with Gasteiger partial charge in [0.15, 0.2) is 0 Å². The van der Waals surface area contributed by atoms with Gasteiger partial charge in [0.05, 0.1) is 0 Å². The van der Waals surface area contributed by atoms with Crippen LogP contribution in [0.15, 0.2) is 4.52 Å². The van der Waals surface area contributed by atoms with E-state index in [4.69, 9.17) is 20.9 Å². The van der Waals surface area contributed by atoms with E-state index in [1.165, 1.54) is 0 Å². The van der Waals surface area contributed by atoms with E-state index < -0.39 is 5.60 Å². The molecule has 2 heterocycles. The van der Waals surface area contributed by atoms with Crippen molar-refractivity contribution < 1.29 is 9.26 Å². The van der Waals surface area contributed by atoms with Crippen molar-refractivity contribution in [1.82, 2.24) is 10.1 Å². The average Bonchev–Trinajstić information content (AvgIpc) is 2.54. The number of rotatable bonds is 1. The van der Waals surface area contributed by atoms with Gasteiger partial charge in [-0.3, -0.25) is 0 Å². The molecule has 1 fully saturated rings. The first-order chi connectivity index (χ1) is 6.21. The topological polar surface area (TPSA) is 48.2 Å². The van der Waals surface area contributed by atoms with Crippen LogP contribution in [0.5, 0.6) is 0 Å². The van der Waals surface area contributed by atoms with Gasteiger partial charge < -0.3 is 9.26 Å². The van der Waals surface area contributed by atoms with Crippen LogP contribution in [0.25, 0.3) is 0 Å². The Morgan fingerprint density at radius 1 is 1.46 bits per heavy atom. The summed E-state index contributed by atoms with van der Waals surface area (Å²) in [6.07, 6.45) is 3.15. The second-order valence-electron chi connectivity index (χ2n) is 3.41.